The van der Waals surface area contributed by atoms with Gasteiger partial charge in [0.1, 0.15) is 5.65 Å². The number of hydrogen-bond acceptors (Lipinski definition) is 2. The van der Waals surface area contributed by atoms with Crippen LogP contribution in [0.1, 0.15) is 31.5 Å². The minimum absolute atomic E-state index is 0.476. The molecule has 2 aromatic rings. The first kappa shape index (κ1) is 11.2. The molecule has 3 heterocycles. The summed E-state index contributed by atoms with van der Waals surface area (Å²) in [6.07, 6.45) is 6.69. The monoisotopic (exact) mass is 293 g/mol. The highest BCUT2D eigenvalue weighted by Crippen LogP contribution is 2.33. The zero-order valence-electron chi connectivity index (χ0n) is 10.1. The standard InChI is InChI=1S/C13H16BrN3/c1-9-3-5-12(16(9)2)11-8-17-7-10(14)4-6-13(17)15-11/h4,6-9,12H,3,5H2,1-2H3. The molecule has 0 aromatic carbocycles. The molecule has 4 heteroatoms. The third-order valence-electron chi connectivity index (χ3n) is 3.82. The summed E-state index contributed by atoms with van der Waals surface area (Å²) in [5.41, 5.74) is 2.21. The van der Waals surface area contributed by atoms with Crippen LogP contribution in [-0.2, 0) is 0 Å². The van der Waals surface area contributed by atoms with Gasteiger partial charge in [0.25, 0.3) is 0 Å². The van der Waals surface area contributed by atoms with Gasteiger partial charge in [-0.05, 0) is 54.9 Å². The van der Waals surface area contributed by atoms with Crippen LogP contribution in [0.3, 0.4) is 0 Å². The van der Waals surface area contributed by atoms with Crippen LogP contribution in [-0.4, -0.2) is 27.4 Å². The first-order valence-electron chi connectivity index (χ1n) is 6.01. The van der Waals surface area contributed by atoms with Crippen LogP contribution in [0.15, 0.2) is 29.0 Å². The predicted octanol–water partition coefficient (Wildman–Crippen LogP) is 3.25. The highest BCUT2D eigenvalue weighted by Gasteiger charge is 2.30. The number of imidazole rings is 1. The van der Waals surface area contributed by atoms with Gasteiger partial charge in [0.2, 0.25) is 0 Å². The number of pyridine rings is 1. The maximum atomic E-state index is 4.72. The van der Waals surface area contributed by atoms with Gasteiger partial charge in [-0.25, -0.2) is 4.98 Å². The number of aromatic nitrogens is 2. The molecule has 0 radical (unpaired) electrons. The van der Waals surface area contributed by atoms with E-state index in [1.807, 2.05) is 12.1 Å². The second-order valence-electron chi connectivity index (χ2n) is 4.89. The summed E-state index contributed by atoms with van der Waals surface area (Å²) in [5.74, 6) is 0. The minimum atomic E-state index is 0.476. The van der Waals surface area contributed by atoms with Crippen LogP contribution in [0.25, 0.3) is 5.65 Å². The maximum absolute atomic E-state index is 4.72. The van der Waals surface area contributed by atoms with Crippen molar-refractivity contribution in [2.45, 2.75) is 31.8 Å². The first-order chi connectivity index (χ1) is 8.15. The third-order valence-corrected chi connectivity index (χ3v) is 4.29. The second-order valence-corrected chi connectivity index (χ2v) is 5.80. The number of hydrogen-bond donors (Lipinski definition) is 0. The number of nitrogens with zero attached hydrogens (tertiary/aromatic N) is 3. The number of halogens is 1. The molecule has 3 rings (SSSR count). The van der Waals surface area contributed by atoms with E-state index in [1.165, 1.54) is 18.5 Å². The smallest absolute Gasteiger partial charge is 0.137 e. The largest absolute Gasteiger partial charge is 0.306 e. The van der Waals surface area contributed by atoms with Crippen LogP contribution in [0.5, 0.6) is 0 Å². The molecule has 1 aliphatic rings. The summed E-state index contributed by atoms with van der Waals surface area (Å²) in [5, 5.41) is 0. The van der Waals surface area contributed by atoms with E-state index in [4.69, 9.17) is 4.98 Å². The number of rotatable bonds is 1. The normalized spacial score (nSPS) is 25.8. The van der Waals surface area contributed by atoms with E-state index in [2.05, 4.69) is 51.6 Å². The zero-order chi connectivity index (χ0) is 12.0. The van der Waals surface area contributed by atoms with Crippen LogP contribution in [0.2, 0.25) is 0 Å². The highest BCUT2D eigenvalue weighted by molar-refractivity contribution is 9.10. The first-order valence-corrected chi connectivity index (χ1v) is 6.80. The zero-order valence-corrected chi connectivity index (χ0v) is 11.7. The molecule has 0 aliphatic carbocycles. The van der Waals surface area contributed by atoms with Crippen LogP contribution in [0.4, 0.5) is 0 Å². The van der Waals surface area contributed by atoms with Crippen molar-refractivity contribution in [1.82, 2.24) is 14.3 Å². The molecule has 1 fully saturated rings. The van der Waals surface area contributed by atoms with Crippen LogP contribution >= 0.6 is 15.9 Å². The summed E-state index contributed by atoms with van der Waals surface area (Å²) in [7, 11) is 2.20. The Bertz CT molecular complexity index is 549. The molecule has 1 aliphatic heterocycles. The van der Waals surface area contributed by atoms with Gasteiger partial charge >= 0.3 is 0 Å². The molecular formula is C13H16BrN3. The fourth-order valence-electron chi connectivity index (χ4n) is 2.61. The molecule has 0 saturated carbocycles. The summed E-state index contributed by atoms with van der Waals surface area (Å²) >= 11 is 3.49. The Morgan fingerprint density at radius 3 is 2.82 bits per heavy atom. The summed E-state index contributed by atoms with van der Waals surface area (Å²) in [4.78, 5) is 7.15. The summed E-state index contributed by atoms with van der Waals surface area (Å²) in [6.45, 7) is 2.28. The van der Waals surface area contributed by atoms with E-state index in [9.17, 15) is 0 Å². The van der Waals surface area contributed by atoms with E-state index < -0.39 is 0 Å². The molecule has 90 valence electrons. The fraction of sp³-hybridized carbons (Fsp3) is 0.462. The number of fused-ring (bicyclic) bond motifs is 1. The van der Waals surface area contributed by atoms with Gasteiger partial charge in [0, 0.05) is 22.9 Å². The molecule has 1 saturated heterocycles. The van der Waals surface area contributed by atoms with E-state index in [0.29, 0.717) is 12.1 Å². The lowest BCUT2D eigenvalue weighted by Gasteiger charge is -2.21. The van der Waals surface area contributed by atoms with Crippen LogP contribution < -0.4 is 0 Å². The lowest BCUT2D eigenvalue weighted by Crippen LogP contribution is -2.24. The Hall–Kier alpha value is -0.870. The molecule has 3 nitrogen and oxygen atoms in total. The Balaban J connectivity index is 2.01. The Kier molecular flexibility index (Phi) is 2.71. The summed E-state index contributed by atoms with van der Waals surface area (Å²) in [6, 6.07) is 5.22. The van der Waals surface area contributed by atoms with Crippen molar-refractivity contribution in [3.63, 3.8) is 0 Å². The van der Waals surface area contributed by atoms with Gasteiger partial charge in [-0.2, -0.15) is 0 Å². The molecule has 0 N–H and O–H groups in total. The van der Waals surface area contributed by atoms with Gasteiger partial charge in [-0.1, -0.05) is 0 Å². The van der Waals surface area contributed by atoms with E-state index >= 15 is 0 Å². The topological polar surface area (TPSA) is 20.5 Å². The fourth-order valence-corrected chi connectivity index (χ4v) is 2.97. The quantitative estimate of drug-likeness (QED) is 0.805. The van der Waals surface area contributed by atoms with Gasteiger partial charge in [-0.15, -0.1) is 0 Å². The van der Waals surface area contributed by atoms with Crippen molar-refractivity contribution in [3.05, 3.63) is 34.7 Å². The van der Waals surface area contributed by atoms with Crippen molar-refractivity contribution in [2.24, 2.45) is 0 Å². The van der Waals surface area contributed by atoms with Gasteiger partial charge in [0.15, 0.2) is 0 Å². The molecule has 0 spiro atoms. The van der Waals surface area contributed by atoms with E-state index in [-0.39, 0.29) is 0 Å². The highest BCUT2D eigenvalue weighted by atomic mass is 79.9. The van der Waals surface area contributed by atoms with Crippen molar-refractivity contribution in [1.29, 1.82) is 0 Å². The molecule has 0 amide bonds. The van der Waals surface area contributed by atoms with Crippen molar-refractivity contribution in [3.8, 4) is 0 Å². The van der Waals surface area contributed by atoms with Crippen molar-refractivity contribution < 1.29 is 0 Å². The Morgan fingerprint density at radius 1 is 1.29 bits per heavy atom. The maximum Gasteiger partial charge on any atom is 0.137 e. The minimum Gasteiger partial charge on any atom is -0.306 e. The number of likely N-dealkylation sites (tertiary alicyclic amines) is 1. The summed E-state index contributed by atoms with van der Waals surface area (Å²) < 4.78 is 3.18. The molecule has 2 aromatic heterocycles. The van der Waals surface area contributed by atoms with Gasteiger partial charge in [-0.3, -0.25) is 4.90 Å². The Labute approximate surface area is 110 Å². The lowest BCUT2D eigenvalue weighted by molar-refractivity contribution is 0.253. The molecule has 17 heavy (non-hydrogen) atoms. The third kappa shape index (κ3) is 1.89. The van der Waals surface area contributed by atoms with E-state index in [0.717, 1.165) is 10.1 Å². The molecular weight excluding hydrogens is 278 g/mol. The van der Waals surface area contributed by atoms with Crippen LogP contribution in [0, 0.1) is 0 Å². The Morgan fingerprint density at radius 2 is 2.12 bits per heavy atom. The second kappa shape index (κ2) is 4.10. The molecule has 2 atom stereocenters. The van der Waals surface area contributed by atoms with Crippen molar-refractivity contribution >= 4 is 21.6 Å². The SMILES string of the molecule is CC1CCC(c2cn3cc(Br)ccc3n2)N1C. The van der Waals surface area contributed by atoms with Gasteiger partial charge in [0.05, 0.1) is 11.7 Å². The average Bonchev–Trinajstić information content (AvgIpc) is 2.83. The van der Waals surface area contributed by atoms with Gasteiger partial charge < -0.3 is 4.40 Å². The average molecular weight is 294 g/mol. The lowest BCUT2D eigenvalue weighted by atomic mass is 10.1. The molecule has 2 unspecified atom stereocenters. The molecule has 0 bridgehead atoms. The van der Waals surface area contributed by atoms with E-state index in [1.54, 1.807) is 0 Å². The predicted molar refractivity (Wildman–Crippen MR) is 72.1 cm³/mol. The van der Waals surface area contributed by atoms with Crippen molar-refractivity contribution in [2.75, 3.05) is 7.05 Å².